The highest BCUT2D eigenvalue weighted by atomic mass is 35.5. The van der Waals surface area contributed by atoms with Crippen LogP contribution in [0.3, 0.4) is 0 Å². The van der Waals surface area contributed by atoms with E-state index >= 15 is 0 Å². The van der Waals surface area contributed by atoms with Crippen molar-refractivity contribution in [1.29, 1.82) is 0 Å². The van der Waals surface area contributed by atoms with E-state index in [1.54, 1.807) is 0 Å². The highest BCUT2D eigenvalue weighted by Crippen LogP contribution is 2.29. The summed E-state index contributed by atoms with van der Waals surface area (Å²) in [6, 6.07) is 0. The molecule has 1 unspecified atom stereocenters. The Bertz CT molecular complexity index is 170. The fraction of sp³-hybridized carbons (Fsp3) is 0.400. The van der Waals surface area contributed by atoms with Crippen LogP contribution in [0.5, 0.6) is 0 Å². The van der Waals surface area contributed by atoms with Crippen molar-refractivity contribution in [3.8, 4) is 0 Å². The molecule has 0 aromatic rings. The van der Waals surface area contributed by atoms with Crippen LogP contribution < -0.4 is 4.72 Å². The second-order valence-corrected chi connectivity index (χ2v) is 3.12. The zero-order chi connectivity index (χ0) is 6.91. The van der Waals surface area contributed by atoms with Crippen molar-refractivity contribution in [3.63, 3.8) is 0 Å². The van der Waals surface area contributed by atoms with Crippen LogP contribution in [0.1, 0.15) is 6.92 Å². The molecule has 1 aliphatic heterocycles. The summed E-state index contributed by atoms with van der Waals surface area (Å²) in [5.74, 6) is 0. The van der Waals surface area contributed by atoms with Crippen LogP contribution in [0.2, 0.25) is 0 Å². The van der Waals surface area contributed by atoms with Crippen LogP contribution in [0.4, 0.5) is 0 Å². The van der Waals surface area contributed by atoms with Gasteiger partial charge in [0, 0.05) is 0 Å². The van der Waals surface area contributed by atoms with Gasteiger partial charge in [-0.05, 0) is 17.9 Å². The highest BCUT2D eigenvalue weighted by Gasteiger charge is 2.32. The van der Waals surface area contributed by atoms with Gasteiger partial charge in [0.25, 0.3) is 0 Å². The lowest BCUT2D eigenvalue weighted by Crippen LogP contribution is -2.34. The largest absolute Gasteiger partial charge is 0.299 e. The molecule has 4 heteroatoms. The fourth-order valence-corrected chi connectivity index (χ4v) is 1.54. The molecule has 1 rings (SSSR count). The van der Waals surface area contributed by atoms with Gasteiger partial charge in [-0.1, -0.05) is 23.5 Å². The van der Waals surface area contributed by atoms with Gasteiger partial charge in [-0.2, -0.15) is 0 Å². The third-order valence-electron chi connectivity index (χ3n) is 1.18. The van der Waals surface area contributed by atoms with Crippen LogP contribution in [0, 0.1) is 0 Å². The maximum absolute atomic E-state index is 10.3. The summed E-state index contributed by atoms with van der Waals surface area (Å²) >= 11 is 7.08. The van der Waals surface area contributed by atoms with Crippen molar-refractivity contribution < 1.29 is 4.79 Å². The first-order valence-corrected chi connectivity index (χ1v) is 3.70. The lowest BCUT2D eigenvalue weighted by atomic mass is 10.2. The monoisotopic (exact) mass is 163 g/mol. The van der Waals surface area contributed by atoms with E-state index in [2.05, 4.69) is 4.72 Å². The van der Waals surface area contributed by atoms with Gasteiger partial charge in [0.2, 0.25) is 0 Å². The summed E-state index contributed by atoms with van der Waals surface area (Å²) in [7, 11) is 0. The number of alkyl halides is 1. The summed E-state index contributed by atoms with van der Waals surface area (Å²) in [5.41, 5.74) is 0.851. The van der Waals surface area contributed by atoms with Crippen molar-refractivity contribution in [2.75, 3.05) is 0 Å². The van der Waals surface area contributed by atoms with Crippen molar-refractivity contribution >= 4 is 29.8 Å². The van der Waals surface area contributed by atoms with Gasteiger partial charge < -0.3 is 0 Å². The smallest absolute Gasteiger partial charge is 0.181 e. The second kappa shape index (κ2) is 2.33. The first-order chi connectivity index (χ1) is 4.19. The molecule has 0 aromatic heterocycles. The third kappa shape index (κ3) is 1.13. The maximum atomic E-state index is 10.3. The predicted molar refractivity (Wildman–Crippen MR) is 39.1 cm³/mol. The van der Waals surface area contributed by atoms with E-state index in [1.165, 1.54) is 11.9 Å². The second-order valence-electron chi connectivity index (χ2n) is 1.85. The minimum atomic E-state index is -0.940. The zero-order valence-electron chi connectivity index (χ0n) is 4.85. The first-order valence-electron chi connectivity index (χ1n) is 2.44. The predicted octanol–water partition coefficient (Wildman–Crippen LogP) is 1.28. The van der Waals surface area contributed by atoms with Gasteiger partial charge in [0.1, 0.15) is 0 Å². The van der Waals surface area contributed by atoms with Crippen LogP contribution in [-0.4, -0.2) is 11.3 Å². The van der Waals surface area contributed by atoms with E-state index in [9.17, 15) is 4.79 Å². The standard InChI is InChI=1S/C5H6ClNOS/c1-4-2-9-7-5(4,6)3-8/h2-3,7H,1H3. The van der Waals surface area contributed by atoms with E-state index in [1.807, 2.05) is 12.3 Å². The molecule has 0 bridgehead atoms. The number of carbonyl (C=O) groups is 1. The SMILES string of the molecule is CC1=CSNC1(Cl)C=O. The fourth-order valence-electron chi connectivity index (χ4n) is 0.487. The van der Waals surface area contributed by atoms with E-state index < -0.39 is 5.00 Å². The molecule has 0 saturated carbocycles. The Morgan fingerprint density at radius 3 is 2.89 bits per heavy atom. The summed E-state index contributed by atoms with van der Waals surface area (Å²) < 4.78 is 2.75. The molecule has 0 amide bonds. The molecule has 50 valence electrons. The Kier molecular flexibility index (Phi) is 1.84. The summed E-state index contributed by atoms with van der Waals surface area (Å²) in [4.78, 5) is 9.35. The van der Waals surface area contributed by atoms with Gasteiger partial charge in [-0.15, -0.1) is 0 Å². The number of aldehydes is 1. The van der Waals surface area contributed by atoms with Crippen LogP contribution in [0.15, 0.2) is 11.0 Å². The quantitative estimate of drug-likeness (QED) is 0.273. The van der Waals surface area contributed by atoms with E-state index in [-0.39, 0.29) is 0 Å². The highest BCUT2D eigenvalue weighted by molar-refractivity contribution is 8.00. The molecule has 1 atom stereocenters. The summed E-state index contributed by atoms with van der Waals surface area (Å²) in [6.07, 6.45) is 0.695. The van der Waals surface area contributed by atoms with Gasteiger partial charge in [-0.3, -0.25) is 4.79 Å². The molecule has 1 heterocycles. The number of rotatable bonds is 1. The Morgan fingerprint density at radius 1 is 2.00 bits per heavy atom. The topological polar surface area (TPSA) is 29.1 Å². The molecule has 1 aliphatic rings. The molecular formula is C5H6ClNOS. The Morgan fingerprint density at radius 2 is 2.67 bits per heavy atom. The van der Waals surface area contributed by atoms with Gasteiger partial charge in [0.05, 0.1) is 0 Å². The lowest BCUT2D eigenvalue weighted by molar-refractivity contribution is -0.109. The Hall–Kier alpha value is 0.01000. The number of halogens is 1. The zero-order valence-corrected chi connectivity index (χ0v) is 6.42. The van der Waals surface area contributed by atoms with E-state index in [4.69, 9.17) is 11.6 Å². The van der Waals surface area contributed by atoms with Gasteiger partial charge >= 0.3 is 0 Å². The number of hydrogen-bond donors (Lipinski definition) is 1. The molecule has 0 fully saturated rings. The number of hydrogen-bond acceptors (Lipinski definition) is 3. The van der Waals surface area contributed by atoms with E-state index in [0.29, 0.717) is 6.29 Å². The minimum absolute atomic E-state index is 0.695. The Labute approximate surface area is 62.8 Å². The summed E-state index contributed by atoms with van der Waals surface area (Å²) in [5, 5.41) is 1.82. The van der Waals surface area contributed by atoms with Crippen molar-refractivity contribution in [2.24, 2.45) is 0 Å². The molecule has 1 N–H and O–H groups in total. The minimum Gasteiger partial charge on any atom is -0.299 e. The van der Waals surface area contributed by atoms with Crippen LogP contribution in [-0.2, 0) is 4.79 Å². The molecule has 9 heavy (non-hydrogen) atoms. The summed E-state index contributed by atoms with van der Waals surface area (Å²) in [6.45, 7) is 1.81. The normalized spacial score (nSPS) is 34.2. The van der Waals surface area contributed by atoms with Crippen molar-refractivity contribution in [1.82, 2.24) is 4.72 Å². The molecule has 0 saturated heterocycles. The van der Waals surface area contributed by atoms with E-state index in [0.717, 1.165) is 5.57 Å². The number of nitrogens with one attached hydrogen (secondary N) is 1. The third-order valence-corrected chi connectivity index (χ3v) is 2.68. The van der Waals surface area contributed by atoms with Crippen LogP contribution >= 0.6 is 23.5 Å². The average Bonchev–Trinajstić information content (AvgIpc) is 2.15. The van der Waals surface area contributed by atoms with Crippen molar-refractivity contribution in [3.05, 3.63) is 11.0 Å². The molecule has 0 aromatic carbocycles. The molecule has 0 spiro atoms. The van der Waals surface area contributed by atoms with Gasteiger partial charge in [0.15, 0.2) is 11.3 Å². The average molecular weight is 164 g/mol. The molecule has 0 aliphatic carbocycles. The van der Waals surface area contributed by atoms with Crippen LogP contribution in [0.25, 0.3) is 0 Å². The molecular weight excluding hydrogens is 158 g/mol. The molecule has 2 nitrogen and oxygen atoms in total. The number of carbonyl (C=O) groups excluding carboxylic acids is 1. The lowest BCUT2D eigenvalue weighted by Gasteiger charge is -2.13. The Balaban J connectivity index is 2.82. The first kappa shape index (κ1) is 7.12. The van der Waals surface area contributed by atoms with Crippen molar-refractivity contribution in [2.45, 2.75) is 11.9 Å². The maximum Gasteiger partial charge on any atom is 0.181 e. The molecule has 0 radical (unpaired) electrons. The van der Waals surface area contributed by atoms with Gasteiger partial charge in [-0.25, -0.2) is 4.72 Å².